The van der Waals surface area contributed by atoms with Gasteiger partial charge >= 0.3 is 12.3 Å². The van der Waals surface area contributed by atoms with Gasteiger partial charge in [-0.25, -0.2) is 9.59 Å². The molecule has 0 amide bonds. The average Bonchev–Trinajstić information content (AvgIpc) is 2.11. The highest BCUT2D eigenvalue weighted by molar-refractivity contribution is 5.59. The van der Waals surface area contributed by atoms with Crippen LogP contribution >= 0.6 is 0 Å². The first kappa shape index (κ1) is 12.0. The van der Waals surface area contributed by atoms with Crippen LogP contribution < -0.4 is 0 Å². The molecule has 6 nitrogen and oxygen atoms in total. The molecule has 0 aliphatic heterocycles. The van der Waals surface area contributed by atoms with Gasteiger partial charge in [-0.2, -0.15) is 0 Å². The summed E-state index contributed by atoms with van der Waals surface area (Å²) in [5, 5.41) is 16.6. The monoisotopic (exact) mass is 202 g/mol. The van der Waals surface area contributed by atoms with Crippen molar-refractivity contribution in [2.24, 2.45) is 0 Å². The van der Waals surface area contributed by atoms with Gasteiger partial charge in [-0.3, -0.25) is 0 Å². The van der Waals surface area contributed by atoms with Gasteiger partial charge in [0.2, 0.25) is 0 Å². The Hall–Kier alpha value is -1.98. The summed E-state index contributed by atoms with van der Waals surface area (Å²) < 4.78 is 8.55. The summed E-state index contributed by atoms with van der Waals surface area (Å²) in [6.07, 6.45) is -0.917. The minimum absolute atomic E-state index is 0.512. The summed E-state index contributed by atoms with van der Waals surface area (Å²) >= 11 is 0. The van der Waals surface area contributed by atoms with Crippen molar-refractivity contribution < 1.29 is 29.3 Å². The summed E-state index contributed by atoms with van der Waals surface area (Å²) in [4.78, 5) is 20.3. The Balaban J connectivity index is 4.52. The highest BCUT2D eigenvalue weighted by atomic mass is 16.7. The van der Waals surface area contributed by atoms with E-state index in [-0.39, 0.29) is 0 Å². The summed E-state index contributed by atoms with van der Waals surface area (Å²) in [6, 6.07) is 0. The molecule has 6 heteroatoms. The lowest BCUT2D eigenvalue weighted by atomic mass is 10.1. The molecule has 0 atom stereocenters. The van der Waals surface area contributed by atoms with Crippen LogP contribution in [0.25, 0.3) is 0 Å². The largest absolute Gasteiger partial charge is 0.507 e. The fourth-order valence-corrected chi connectivity index (χ4v) is 0.651. The molecule has 14 heavy (non-hydrogen) atoms. The van der Waals surface area contributed by atoms with E-state index in [1.54, 1.807) is 0 Å². The van der Waals surface area contributed by atoms with Crippen LogP contribution in [0, 0.1) is 0 Å². The quantitative estimate of drug-likeness (QED) is 0.518. The number of carbonyl (C=O) groups is 2. The molecule has 0 aromatic carbocycles. The zero-order valence-corrected chi connectivity index (χ0v) is 7.30. The van der Waals surface area contributed by atoms with E-state index in [2.05, 4.69) is 22.6 Å². The predicted octanol–water partition coefficient (Wildman–Crippen LogP) is 1.49. The molecule has 0 heterocycles. The van der Waals surface area contributed by atoms with Gasteiger partial charge in [0.05, 0.1) is 0 Å². The first-order valence-corrected chi connectivity index (χ1v) is 3.50. The van der Waals surface area contributed by atoms with Crippen LogP contribution in [0.1, 0.15) is 0 Å². The van der Waals surface area contributed by atoms with Gasteiger partial charge in [0.1, 0.15) is 6.61 Å². The van der Waals surface area contributed by atoms with Gasteiger partial charge in [-0.15, -0.1) is 0 Å². The van der Waals surface area contributed by atoms with Crippen LogP contribution in [0.2, 0.25) is 0 Å². The summed E-state index contributed by atoms with van der Waals surface area (Å²) in [5.41, 5.74) is -1.54. The molecule has 0 unspecified atom stereocenters. The van der Waals surface area contributed by atoms with E-state index in [9.17, 15) is 9.59 Å². The molecule has 78 valence electrons. The van der Waals surface area contributed by atoms with E-state index >= 15 is 0 Å². The van der Waals surface area contributed by atoms with Crippen LogP contribution in [0.3, 0.4) is 0 Å². The van der Waals surface area contributed by atoms with Crippen LogP contribution in [-0.2, 0) is 9.47 Å². The Morgan fingerprint density at radius 1 is 1.21 bits per heavy atom. The molecular formula is C8H10O6. The van der Waals surface area contributed by atoms with Crippen LogP contribution in [-0.4, -0.2) is 34.7 Å². The topological polar surface area (TPSA) is 93.1 Å². The maximum absolute atomic E-state index is 10.3. The van der Waals surface area contributed by atoms with E-state index < -0.39 is 24.5 Å². The number of carboxylic acid groups (broad SMARTS) is 2. The smallest absolute Gasteiger partial charge is 0.450 e. The SMILES string of the molecule is C=CC(C=C)(COC(=O)O)OC(=O)O. The molecule has 0 rings (SSSR count). The fourth-order valence-electron chi connectivity index (χ4n) is 0.651. The lowest BCUT2D eigenvalue weighted by molar-refractivity contribution is -0.0109. The Bertz CT molecular complexity index is 249. The standard InChI is InChI=1S/C8H10O6/c1-3-8(4-2,14-7(11)12)5-13-6(9)10/h3-4H,1-2,5H2,(H,9,10)(H,11,12). The van der Waals surface area contributed by atoms with Crippen molar-refractivity contribution in [3.63, 3.8) is 0 Å². The van der Waals surface area contributed by atoms with Gasteiger partial charge < -0.3 is 19.7 Å². The highest BCUT2D eigenvalue weighted by Crippen LogP contribution is 2.15. The second kappa shape index (κ2) is 4.90. The van der Waals surface area contributed by atoms with E-state index in [0.29, 0.717) is 0 Å². The minimum atomic E-state index is -1.57. The maximum Gasteiger partial charge on any atom is 0.507 e. The normalized spacial score (nSPS) is 10.0. The van der Waals surface area contributed by atoms with Crippen molar-refractivity contribution in [3.05, 3.63) is 25.3 Å². The number of rotatable bonds is 5. The van der Waals surface area contributed by atoms with Crippen molar-refractivity contribution in [2.45, 2.75) is 5.60 Å². The van der Waals surface area contributed by atoms with Gasteiger partial charge in [0.15, 0.2) is 5.60 Å². The van der Waals surface area contributed by atoms with Crippen molar-refractivity contribution in [2.75, 3.05) is 6.61 Å². The second-order valence-corrected chi connectivity index (χ2v) is 2.29. The Morgan fingerprint density at radius 2 is 1.71 bits per heavy atom. The first-order valence-electron chi connectivity index (χ1n) is 3.50. The molecule has 0 spiro atoms. The summed E-state index contributed by atoms with van der Waals surface area (Å²) in [6.45, 7) is 6.09. The highest BCUT2D eigenvalue weighted by Gasteiger charge is 2.29. The van der Waals surface area contributed by atoms with Gasteiger partial charge in [-0.05, 0) is 12.2 Å². The van der Waals surface area contributed by atoms with Gasteiger partial charge in [0, 0.05) is 0 Å². The van der Waals surface area contributed by atoms with Crippen molar-refractivity contribution in [1.82, 2.24) is 0 Å². The van der Waals surface area contributed by atoms with Gasteiger partial charge in [0.25, 0.3) is 0 Å². The molecule has 0 aromatic rings. The first-order chi connectivity index (χ1) is 6.45. The minimum Gasteiger partial charge on any atom is -0.450 e. The average molecular weight is 202 g/mol. The lowest BCUT2D eigenvalue weighted by Crippen LogP contribution is -2.36. The van der Waals surface area contributed by atoms with Crippen molar-refractivity contribution >= 4 is 12.3 Å². The summed E-state index contributed by atoms with van der Waals surface area (Å²) in [7, 11) is 0. The third kappa shape index (κ3) is 3.61. The van der Waals surface area contributed by atoms with Gasteiger partial charge in [-0.1, -0.05) is 13.2 Å². The Labute approximate surface area is 80.1 Å². The van der Waals surface area contributed by atoms with Crippen LogP contribution in [0.5, 0.6) is 0 Å². The number of hydrogen-bond donors (Lipinski definition) is 2. The molecule has 0 aliphatic rings. The van der Waals surface area contributed by atoms with Crippen molar-refractivity contribution in [3.8, 4) is 0 Å². The molecule has 0 saturated carbocycles. The lowest BCUT2D eigenvalue weighted by Gasteiger charge is -2.23. The molecule has 2 N–H and O–H groups in total. The maximum atomic E-state index is 10.3. The Morgan fingerprint density at radius 3 is 2.00 bits per heavy atom. The zero-order chi connectivity index (χ0) is 11.2. The number of ether oxygens (including phenoxy) is 2. The van der Waals surface area contributed by atoms with Crippen LogP contribution in [0.15, 0.2) is 25.3 Å². The second-order valence-electron chi connectivity index (χ2n) is 2.29. The predicted molar refractivity (Wildman–Crippen MR) is 46.2 cm³/mol. The molecule has 0 aliphatic carbocycles. The third-order valence-corrected chi connectivity index (χ3v) is 1.39. The van der Waals surface area contributed by atoms with Crippen LogP contribution in [0.4, 0.5) is 9.59 Å². The van der Waals surface area contributed by atoms with E-state index in [1.807, 2.05) is 0 Å². The molecule has 0 aromatic heterocycles. The molecular weight excluding hydrogens is 192 g/mol. The van der Waals surface area contributed by atoms with Crippen molar-refractivity contribution in [1.29, 1.82) is 0 Å². The molecule has 0 bridgehead atoms. The molecule has 0 saturated heterocycles. The van der Waals surface area contributed by atoms with E-state index in [4.69, 9.17) is 10.2 Å². The zero-order valence-electron chi connectivity index (χ0n) is 7.30. The fraction of sp³-hybridized carbons (Fsp3) is 0.250. The molecule has 0 radical (unpaired) electrons. The van der Waals surface area contributed by atoms with E-state index in [1.165, 1.54) is 0 Å². The Kier molecular flexibility index (Phi) is 4.21. The third-order valence-electron chi connectivity index (χ3n) is 1.39. The summed E-state index contributed by atoms with van der Waals surface area (Å²) in [5.74, 6) is 0. The van der Waals surface area contributed by atoms with E-state index in [0.717, 1.165) is 12.2 Å². The molecule has 0 fully saturated rings. The number of hydrogen-bond acceptors (Lipinski definition) is 4.